The van der Waals surface area contributed by atoms with E-state index in [4.69, 9.17) is 4.74 Å². The summed E-state index contributed by atoms with van der Waals surface area (Å²) in [6.07, 6.45) is 9.57. The predicted octanol–water partition coefficient (Wildman–Crippen LogP) is 3.98. The van der Waals surface area contributed by atoms with Crippen molar-refractivity contribution in [3.63, 3.8) is 0 Å². The monoisotopic (exact) mass is 240 g/mol. The van der Waals surface area contributed by atoms with Gasteiger partial charge in [-0.05, 0) is 25.2 Å². The van der Waals surface area contributed by atoms with Gasteiger partial charge in [0.25, 0.3) is 0 Å². The summed E-state index contributed by atoms with van der Waals surface area (Å²) in [5.41, 5.74) is 0. The van der Waals surface area contributed by atoms with E-state index in [1.54, 1.807) is 0 Å². The smallest absolute Gasteiger partial charge is 0.161 e. The van der Waals surface area contributed by atoms with Gasteiger partial charge in [0.05, 0.1) is 0 Å². The molecule has 0 aromatic rings. The molecule has 1 rings (SSSR count). The highest BCUT2D eigenvalue weighted by Gasteiger charge is 2.22. The molecule has 0 saturated heterocycles. The molecular formula is C15H28O2. The Bertz CT molecular complexity index is 207. The molecule has 2 nitrogen and oxygen atoms in total. The number of unbranched alkanes of at least 4 members (excludes halogenated alkanes) is 1. The Labute approximate surface area is 106 Å². The quantitative estimate of drug-likeness (QED) is 0.609. The van der Waals surface area contributed by atoms with E-state index in [1.165, 1.54) is 32.1 Å². The predicted molar refractivity (Wildman–Crippen MR) is 71.1 cm³/mol. The van der Waals surface area contributed by atoms with Crippen LogP contribution >= 0.6 is 0 Å². The lowest BCUT2D eigenvalue weighted by Crippen LogP contribution is -2.20. The fourth-order valence-corrected chi connectivity index (χ4v) is 2.59. The molecule has 0 heterocycles. The van der Waals surface area contributed by atoms with E-state index in [1.807, 2.05) is 0 Å². The first-order valence-corrected chi connectivity index (χ1v) is 7.38. The van der Waals surface area contributed by atoms with Crippen molar-refractivity contribution in [2.75, 3.05) is 13.2 Å². The van der Waals surface area contributed by atoms with Gasteiger partial charge in [0.15, 0.2) is 5.78 Å². The zero-order valence-electron chi connectivity index (χ0n) is 11.5. The average molecular weight is 240 g/mol. The van der Waals surface area contributed by atoms with E-state index in [0.717, 1.165) is 25.9 Å². The summed E-state index contributed by atoms with van der Waals surface area (Å²) in [5, 5.41) is 0. The standard InChI is InChI=1S/C15H28O2/c1-3-5-8-13(4-2)11-17-12-15(16)14-9-6-7-10-14/h13-14H,3-12H2,1-2H3. The minimum Gasteiger partial charge on any atom is -0.373 e. The minimum absolute atomic E-state index is 0.311. The number of ether oxygens (including phenoxy) is 1. The summed E-state index contributed by atoms with van der Waals surface area (Å²) in [5.74, 6) is 1.30. The summed E-state index contributed by atoms with van der Waals surface area (Å²) in [6.45, 7) is 5.56. The second-order valence-corrected chi connectivity index (χ2v) is 5.38. The maximum atomic E-state index is 11.8. The molecular weight excluding hydrogens is 212 g/mol. The molecule has 1 saturated carbocycles. The number of ketones is 1. The number of hydrogen-bond acceptors (Lipinski definition) is 2. The summed E-state index contributed by atoms with van der Waals surface area (Å²) >= 11 is 0. The van der Waals surface area contributed by atoms with Crippen LogP contribution in [0, 0.1) is 11.8 Å². The summed E-state index contributed by atoms with van der Waals surface area (Å²) in [6, 6.07) is 0. The Hall–Kier alpha value is -0.370. The maximum absolute atomic E-state index is 11.8. The molecule has 17 heavy (non-hydrogen) atoms. The molecule has 1 atom stereocenters. The lowest BCUT2D eigenvalue weighted by atomic mass is 10.0. The number of hydrogen-bond donors (Lipinski definition) is 0. The van der Waals surface area contributed by atoms with Gasteiger partial charge in [-0.2, -0.15) is 0 Å². The van der Waals surface area contributed by atoms with E-state index < -0.39 is 0 Å². The molecule has 2 heteroatoms. The molecule has 100 valence electrons. The van der Waals surface area contributed by atoms with Gasteiger partial charge in [-0.15, -0.1) is 0 Å². The van der Waals surface area contributed by atoms with Gasteiger partial charge in [-0.25, -0.2) is 0 Å². The SMILES string of the molecule is CCCCC(CC)COCC(=O)C1CCCC1. The van der Waals surface area contributed by atoms with Crippen LogP contribution in [0.4, 0.5) is 0 Å². The van der Waals surface area contributed by atoms with Crippen LogP contribution in [0.2, 0.25) is 0 Å². The van der Waals surface area contributed by atoms with E-state index in [2.05, 4.69) is 13.8 Å². The van der Waals surface area contributed by atoms with Crippen molar-refractivity contribution >= 4 is 5.78 Å². The molecule has 0 spiro atoms. The molecule has 1 aliphatic carbocycles. The lowest BCUT2D eigenvalue weighted by molar-refractivity contribution is -0.127. The van der Waals surface area contributed by atoms with Crippen LogP contribution in [0.1, 0.15) is 65.2 Å². The zero-order chi connectivity index (χ0) is 12.5. The van der Waals surface area contributed by atoms with Gasteiger partial charge < -0.3 is 4.74 Å². The summed E-state index contributed by atoms with van der Waals surface area (Å²) in [4.78, 5) is 11.8. The van der Waals surface area contributed by atoms with Crippen molar-refractivity contribution in [2.24, 2.45) is 11.8 Å². The van der Waals surface area contributed by atoms with Crippen molar-refractivity contribution in [1.82, 2.24) is 0 Å². The van der Waals surface area contributed by atoms with Crippen LogP contribution in [0.5, 0.6) is 0 Å². The zero-order valence-corrected chi connectivity index (χ0v) is 11.5. The van der Waals surface area contributed by atoms with Gasteiger partial charge >= 0.3 is 0 Å². The highest BCUT2D eigenvalue weighted by molar-refractivity contribution is 5.82. The normalized spacial score (nSPS) is 18.5. The van der Waals surface area contributed by atoms with E-state index >= 15 is 0 Å². The van der Waals surface area contributed by atoms with Crippen LogP contribution < -0.4 is 0 Å². The molecule has 0 aromatic heterocycles. The highest BCUT2D eigenvalue weighted by atomic mass is 16.5. The van der Waals surface area contributed by atoms with Crippen LogP contribution in [0.25, 0.3) is 0 Å². The number of carbonyl (C=O) groups excluding carboxylic acids is 1. The van der Waals surface area contributed by atoms with E-state index in [0.29, 0.717) is 24.2 Å². The van der Waals surface area contributed by atoms with Crippen molar-refractivity contribution in [3.8, 4) is 0 Å². The molecule has 0 bridgehead atoms. The molecule has 1 fully saturated rings. The molecule has 0 amide bonds. The van der Waals surface area contributed by atoms with Gasteiger partial charge in [0, 0.05) is 12.5 Å². The lowest BCUT2D eigenvalue weighted by Gasteiger charge is -2.15. The Morgan fingerprint density at radius 3 is 2.59 bits per heavy atom. The molecule has 0 aromatic carbocycles. The Morgan fingerprint density at radius 2 is 2.00 bits per heavy atom. The molecule has 1 unspecified atom stereocenters. The second kappa shape index (κ2) is 8.68. The van der Waals surface area contributed by atoms with Crippen LogP contribution in [0.3, 0.4) is 0 Å². The first-order chi connectivity index (χ1) is 8.27. The van der Waals surface area contributed by atoms with Crippen LogP contribution in [-0.2, 0) is 9.53 Å². The summed E-state index contributed by atoms with van der Waals surface area (Å²) < 4.78 is 5.61. The molecule has 0 radical (unpaired) electrons. The molecule has 1 aliphatic rings. The van der Waals surface area contributed by atoms with Crippen molar-refractivity contribution < 1.29 is 9.53 Å². The van der Waals surface area contributed by atoms with Crippen molar-refractivity contribution in [3.05, 3.63) is 0 Å². The van der Waals surface area contributed by atoms with Gasteiger partial charge in [0.2, 0.25) is 0 Å². The topological polar surface area (TPSA) is 26.3 Å². The summed E-state index contributed by atoms with van der Waals surface area (Å²) in [7, 11) is 0. The molecule has 0 aliphatic heterocycles. The first kappa shape index (κ1) is 14.7. The Morgan fingerprint density at radius 1 is 1.29 bits per heavy atom. The van der Waals surface area contributed by atoms with Crippen LogP contribution in [-0.4, -0.2) is 19.0 Å². The first-order valence-electron chi connectivity index (χ1n) is 7.38. The Balaban J connectivity index is 2.10. The van der Waals surface area contributed by atoms with E-state index in [-0.39, 0.29) is 0 Å². The minimum atomic E-state index is 0.311. The fraction of sp³-hybridized carbons (Fsp3) is 0.933. The van der Waals surface area contributed by atoms with Gasteiger partial charge in [0.1, 0.15) is 6.61 Å². The van der Waals surface area contributed by atoms with E-state index in [9.17, 15) is 4.79 Å². The van der Waals surface area contributed by atoms with Gasteiger partial charge in [-0.3, -0.25) is 4.79 Å². The third-order valence-corrected chi connectivity index (χ3v) is 3.95. The third-order valence-electron chi connectivity index (χ3n) is 3.95. The third kappa shape index (κ3) is 5.67. The highest BCUT2D eigenvalue weighted by Crippen LogP contribution is 2.25. The van der Waals surface area contributed by atoms with Gasteiger partial charge in [-0.1, -0.05) is 46.0 Å². The largest absolute Gasteiger partial charge is 0.373 e. The van der Waals surface area contributed by atoms with Crippen molar-refractivity contribution in [1.29, 1.82) is 0 Å². The Kier molecular flexibility index (Phi) is 7.50. The van der Waals surface area contributed by atoms with Crippen molar-refractivity contribution in [2.45, 2.75) is 65.2 Å². The number of carbonyl (C=O) groups is 1. The van der Waals surface area contributed by atoms with Crippen LogP contribution in [0.15, 0.2) is 0 Å². The maximum Gasteiger partial charge on any atom is 0.161 e. The number of rotatable bonds is 9. The second-order valence-electron chi connectivity index (χ2n) is 5.38. The molecule has 0 N–H and O–H groups in total. The number of Topliss-reactive ketones (excluding diaryl/α,β-unsaturated/α-hetero) is 1. The average Bonchev–Trinajstić information content (AvgIpc) is 2.87. The fourth-order valence-electron chi connectivity index (χ4n) is 2.59.